The van der Waals surface area contributed by atoms with Gasteiger partial charge in [-0.3, -0.25) is 4.79 Å². The molecule has 1 aromatic carbocycles. The molecule has 92 valence electrons. The third kappa shape index (κ3) is 3.45. The fraction of sp³-hybridized carbons (Fsp3) is 0.273. The number of carbonyl (C=O) groups is 2. The number of rotatable bonds is 4. The van der Waals surface area contributed by atoms with Crippen molar-refractivity contribution in [3.8, 4) is 0 Å². The van der Waals surface area contributed by atoms with E-state index in [0.717, 1.165) is 0 Å². The Hall–Kier alpha value is -1.56. The predicted octanol–water partition coefficient (Wildman–Crippen LogP) is 1.03. The standard InChI is InChI=1S/C11H12FNO3S/c1-16-11(15)9(6-17)13-10(14)7-4-2-3-5-8(7)12/h2-5,9,17H,6H2,1H3,(H,13,14)/t9-/m0/s1. The van der Waals surface area contributed by atoms with E-state index in [9.17, 15) is 14.0 Å². The lowest BCUT2D eigenvalue weighted by Crippen LogP contribution is -2.43. The van der Waals surface area contributed by atoms with Gasteiger partial charge in [-0.25, -0.2) is 9.18 Å². The Kier molecular flexibility index (Phi) is 4.96. The molecule has 1 aromatic rings. The van der Waals surface area contributed by atoms with E-state index < -0.39 is 23.7 Å². The number of benzene rings is 1. The van der Waals surface area contributed by atoms with Crippen LogP contribution in [-0.2, 0) is 9.53 Å². The molecule has 0 bridgehead atoms. The van der Waals surface area contributed by atoms with E-state index in [0.29, 0.717) is 0 Å². The lowest BCUT2D eigenvalue weighted by atomic mass is 10.2. The van der Waals surface area contributed by atoms with Crippen LogP contribution in [0, 0.1) is 5.82 Å². The van der Waals surface area contributed by atoms with Crippen LogP contribution in [0.5, 0.6) is 0 Å². The highest BCUT2D eigenvalue weighted by Crippen LogP contribution is 2.06. The van der Waals surface area contributed by atoms with Crippen molar-refractivity contribution in [3.05, 3.63) is 35.6 Å². The summed E-state index contributed by atoms with van der Waals surface area (Å²) in [7, 11) is 1.20. The first-order valence-electron chi connectivity index (χ1n) is 4.84. The Morgan fingerprint density at radius 1 is 1.47 bits per heavy atom. The molecule has 4 nitrogen and oxygen atoms in total. The molecule has 1 amide bonds. The van der Waals surface area contributed by atoms with Crippen molar-refractivity contribution in [2.24, 2.45) is 0 Å². The molecule has 1 atom stereocenters. The summed E-state index contributed by atoms with van der Waals surface area (Å²) in [6, 6.07) is 4.62. The van der Waals surface area contributed by atoms with E-state index in [1.54, 1.807) is 0 Å². The van der Waals surface area contributed by atoms with Gasteiger partial charge in [0.1, 0.15) is 11.9 Å². The molecule has 0 aromatic heterocycles. The monoisotopic (exact) mass is 257 g/mol. The van der Waals surface area contributed by atoms with Gasteiger partial charge in [0, 0.05) is 5.75 Å². The number of esters is 1. The molecule has 0 radical (unpaired) electrons. The SMILES string of the molecule is COC(=O)[C@H](CS)NC(=O)c1ccccc1F. The first-order valence-corrected chi connectivity index (χ1v) is 5.47. The van der Waals surface area contributed by atoms with E-state index in [1.165, 1.54) is 31.4 Å². The maximum Gasteiger partial charge on any atom is 0.329 e. The van der Waals surface area contributed by atoms with Crippen molar-refractivity contribution in [1.29, 1.82) is 0 Å². The number of thiol groups is 1. The van der Waals surface area contributed by atoms with Crippen molar-refractivity contribution >= 4 is 24.5 Å². The topological polar surface area (TPSA) is 55.4 Å². The van der Waals surface area contributed by atoms with Gasteiger partial charge in [-0.1, -0.05) is 12.1 Å². The zero-order valence-electron chi connectivity index (χ0n) is 9.14. The highest BCUT2D eigenvalue weighted by molar-refractivity contribution is 7.80. The van der Waals surface area contributed by atoms with Gasteiger partial charge in [0.2, 0.25) is 0 Å². The largest absolute Gasteiger partial charge is 0.467 e. The van der Waals surface area contributed by atoms with Gasteiger partial charge in [0.05, 0.1) is 12.7 Å². The van der Waals surface area contributed by atoms with Crippen molar-refractivity contribution < 1.29 is 18.7 Å². The van der Waals surface area contributed by atoms with Crippen LogP contribution in [0.15, 0.2) is 24.3 Å². The second kappa shape index (κ2) is 6.24. The van der Waals surface area contributed by atoms with Gasteiger partial charge in [-0.2, -0.15) is 12.6 Å². The number of hydrogen-bond acceptors (Lipinski definition) is 4. The molecule has 0 heterocycles. The molecule has 0 saturated heterocycles. The second-order valence-electron chi connectivity index (χ2n) is 3.21. The summed E-state index contributed by atoms with van der Waals surface area (Å²) in [6.07, 6.45) is 0. The molecule has 0 unspecified atom stereocenters. The minimum Gasteiger partial charge on any atom is -0.467 e. The first-order chi connectivity index (χ1) is 8.10. The fourth-order valence-electron chi connectivity index (χ4n) is 1.20. The lowest BCUT2D eigenvalue weighted by Gasteiger charge is -2.14. The van der Waals surface area contributed by atoms with E-state index >= 15 is 0 Å². The number of methoxy groups -OCH3 is 1. The summed E-state index contributed by atoms with van der Waals surface area (Å²) in [5.74, 6) is -1.86. The van der Waals surface area contributed by atoms with Crippen LogP contribution in [0.3, 0.4) is 0 Å². The molecule has 0 aliphatic heterocycles. The number of halogens is 1. The van der Waals surface area contributed by atoms with Crippen molar-refractivity contribution in [3.63, 3.8) is 0 Å². The van der Waals surface area contributed by atoms with Crippen LogP contribution in [-0.4, -0.2) is 30.8 Å². The average molecular weight is 257 g/mol. The smallest absolute Gasteiger partial charge is 0.329 e. The maximum atomic E-state index is 13.3. The molecule has 0 spiro atoms. The van der Waals surface area contributed by atoms with Crippen LogP contribution in [0.25, 0.3) is 0 Å². The van der Waals surface area contributed by atoms with Gasteiger partial charge < -0.3 is 10.1 Å². The molecule has 0 saturated carbocycles. The molecule has 0 fully saturated rings. The minimum atomic E-state index is -0.893. The Bertz CT molecular complexity index is 425. The summed E-state index contributed by atoms with van der Waals surface area (Å²) < 4.78 is 17.8. The minimum absolute atomic E-state index is 0.0763. The van der Waals surface area contributed by atoms with Crippen LogP contribution < -0.4 is 5.32 Å². The Labute approximate surface area is 104 Å². The summed E-state index contributed by atoms with van der Waals surface area (Å²) in [6.45, 7) is 0. The Morgan fingerprint density at radius 3 is 2.65 bits per heavy atom. The zero-order chi connectivity index (χ0) is 12.8. The molecule has 0 aliphatic rings. The number of hydrogen-bond donors (Lipinski definition) is 2. The fourth-order valence-corrected chi connectivity index (χ4v) is 1.44. The molecule has 1 rings (SSSR count). The first kappa shape index (κ1) is 13.5. The van der Waals surface area contributed by atoms with Gasteiger partial charge in [-0.15, -0.1) is 0 Å². The van der Waals surface area contributed by atoms with Crippen LogP contribution in [0.2, 0.25) is 0 Å². The third-order valence-electron chi connectivity index (χ3n) is 2.09. The van der Waals surface area contributed by atoms with Crippen LogP contribution in [0.1, 0.15) is 10.4 Å². The summed E-state index contributed by atoms with van der Waals surface area (Å²) in [5.41, 5.74) is -0.122. The van der Waals surface area contributed by atoms with E-state index in [1.807, 2.05) is 0 Å². The summed E-state index contributed by atoms with van der Waals surface area (Å²) in [4.78, 5) is 22.9. The predicted molar refractivity (Wildman–Crippen MR) is 63.5 cm³/mol. The Balaban J connectivity index is 2.78. The number of ether oxygens (including phenoxy) is 1. The van der Waals surface area contributed by atoms with Crippen molar-refractivity contribution in [2.45, 2.75) is 6.04 Å². The highest BCUT2D eigenvalue weighted by Gasteiger charge is 2.21. The quantitative estimate of drug-likeness (QED) is 0.625. The zero-order valence-corrected chi connectivity index (χ0v) is 10.0. The van der Waals surface area contributed by atoms with Gasteiger partial charge in [0.15, 0.2) is 0 Å². The van der Waals surface area contributed by atoms with Crippen molar-refractivity contribution in [1.82, 2.24) is 5.32 Å². The number of amides is 1. The number of carbonyl (C=O) groups excluding carboxylic acids is 2. The summed E-state index contributed by atoms with van der Waals surface area (Å²) in [5, 5.41) is 2.34. The second-order valence-corrected chi connectivity index (χ2v) is 3.58. The molecule has 6 heteroatoms. The van der Waals surface area contributed by atoms with Gasteiger partial charge >= 0.3 is 5.97 Å². The molecular weight excluding hydrogens is 245 g/mol. The summed E-state index contributed by atoms with van der Waals surface area (Å²) >= 11 is 3.91. The maximum absolute atomic E-state index is 13.3. The Morgan fingerprint density at radius 2 is 2.12 bits per heavy atom. The highest BCUT2D eigenvalue weighted by atomic mass is 32.1. The van der Waals surface area contributed by atoms with Crippen molar-refractivity contribution in [2.75, 3.05) is 12.9 Å². The van der Waals surface area contributed by atoms with E-state index in [-0.39, 0.29) is 11.3 Å². The van der Waals surface area contributed by atoms with E-state index in [4.69, 9.17) is 0 Å². The lowest BCUT2D eigenvalue weighted by molar-refractivity contribution is -0.142. The van der Waals surface area contributed by atoms with Gasteiger partial charge in [0.25, 0.3) is 5.91 Å². The average Bonchev–Trinajstić information content (AvgIpc) is 2.35. The van der Waals surface area contributed by atoms with Crippen LogP contribution in [0.4, 0.5) is 4.39 Å². The number of nitrogens with one attached hydrogen (secondary N) is 1. The molecule has 17 heavy (non-hydrogen) atoms. The van der Waals surface area contributed by atoms with Gasteiger partial charge in [-0.05, 0) is 12.1 Å². The molecule has 1 N–H and O–H groups in total. The third-order valence-corrected chi connectivity index (χ3v) is 2.46. The van der Waals surface area contributed by atoms with Crippen LogP contribution >= 0.6 is 12.6 Å². The molecular formula is C11H12FNO3S. The van der Waals surface area contributed by atoms with E-state index in [2.05, 4.69) is 22.7 Å². The molecule has 0 aliphatic carbocycles. The normalized spacial score (nSPS) is 11.7.